The highest BCUT2D eigenvalue weighted by Crippen LogP contribution is 2.11. The second-order valence-corrected chi connectivity index (χ2v) is 6.16. The molecule has 0 saturated heterocycles. The summed E-state index contributed by atoms with van der Waals surface area (Å²) in [6.45, 7) is 5.46. The zero-order valence-corrected chi connectivity index (χ0v) is 14.3. The van der Waals surface area contributed by atoms with Gasteiger partial charge in [0.05, 0.1) is 12.2 Å². The zero-order valence-electron chi connectivity index (χ0n) is 13.5. The number of imidazole rings is 1. The maximum Gasteiger partial charge on any atom is 0.193 e. The van der Waals surface area contributed by atoms with Crippen molar-refractivity contribution < 1.29 is 0 Å². The number of aliphatic imine (C=N–C) groups is 1. The van der Waals surface area contributed by atoms with Crippen LogP contribution >= 0.6 is 11.3 Å². The molecule has 2 aromatic heterocycles. The molecule has 5 nitrogen and oxygen atoms in total. The molecule has 2 heterocycles. The minimum atomic E-state index is 0.696. The van der Waals surface area contributed by atoms with E-state index in [1.807, 2.05) is 29.1 Å². The van der Waals surface area contributed by atoms with Gasteiger partial charge >= 0.3 is 0 Å². The topological polar surface area (TPSA) is 44.9 Å². The van der Waals surface area contributed by atoms with E-state index in [1.165, 1.54) is 19.3 Å². The monoisotopic (exact) mass is 319 g/mol. The van der Waals surface area contributed by atoms with E-state index in [0.29, 0.717) is 6.54 Å². The van der Waals surface area contributed by atoms with E-state index in [0.717, 1.165) is 29.6 Å². The number of hydrogen-bond acceptors (Lipinski definition) is 3. The highest BCUT2D eigenvalue weighted by molar-refractivity contribution is 7.15. The fraction of sp³-hybridized carbons (Fsp3) is 0.500. The second kappa shape index (κ2) is 8.58. The Morgan fingerprint density at radius 2 is 2.36 bits per heavy atom. The van der Waals surface area contributed by atoms with E-state index < -0.39 is 0 Å². The highest BCUT2D eigenvalue weighted by Gasteiger charge is 2.07. The summed E-state index contributed by atoms with van der Waals surface area (Å²) in [6, 6.07) is 0. The SMILES string of the molecule is C=CCCCCCN(C)C(=NC)NCc1cn2ccsc2n1. The lowest BCUT2D eigenvalue weighted by atomic mass is 10.2. The molecule has 0 aliphatic carbocycles. The van der Waals surface area contributed by atoms with Crippen LogP contribution in [0.4, 0.5) is 0 Å². The van der Waals surface area contributed by atoms with Crippen LogP contribution in [0.3, 0.4) is 0 Å². The van der Waals surface area contributed by atoms with Gasteiger partial charge in [0.1, 0.15) is 0 Å². The van der Waals surface area contributed by atoms with Crippen LogP contribution in [0, 0.1) is 0 Å². The van der Waals surface area contributed by atoms with Crippen molar-refractivity contribution in [2.24, 2.45) is 4.99 Å². The number of nitrogens with one attached hydrogen (secondary N) is 1. The fourth-order valence-corrected chi connectivity index (χ4v) is 3.05. The van der Waals surface area contributed by atoms with Crippen molar-refractivity contribution in [1.82, 2.24) is 19.6 Å². The average molecular weight is 319 g/mol. The molecule has 0 radical (unpaired) electrons. The summed E-state index contributed by atoms with van der Waals surface area (Å²) in [5, 5.41) is 5.42. The molecule has 2 rings (SSSR count). The second-order valence-electron chi connectivity index (χ2n) is 5.29. The first-order chi connectivity index (χ1) is 10.7. The minimum absolute atomic E-state index is 0.696. The largest absolute Gasteiger partial charge is 0.351 e. The standard InChI is InChI=1S/C16H25N5S/c1-4-5-6-7-8-9-20(3)15(17-2)18-12-14-13-21-10-11-22-16(21)19-14/h4,10-11,13H,1,5-9,12H2,2-3H3,(H,17,18). The van der Waals surface area contributed by atoms with Gasteiger partial charge in [0.15, 0.2) is 10.9 Å². The van der Waals surface area contributed by atoms with Gasteiger partial charge in [0, 0.05) is 38.4 Å². The Kier molecular flexibility index (Phi) is 6.45. The molecular formula is C16H25N5S. The average Bonchev–Trinajstić information content (AvgIpc) is 3.09. The van der Waals surface area contributed by atoms with Gasteiger partial charge in [-0.2, -0.15) is 0 Å². The predicted octanol–water partition coefficient (Wildman–Crippen LogP) is 3.15. The third-order valence-corrected chi connectivity index (χ3v) is 4.32. The van der Waals surface area contributed by atoms with Crippen molar-refractivity contribution in [2.45, 2.75) is 32.2 Å². The van der Waals surface area contributed by atoms with Crippen LogP contribution in [-0.2, 0) is 6.54 Å². The summed E-state index contributed by atoms with van der Waals surface area (Å²) >= 11 is 1.65. The van der Waals surface area contributed by atoms with Crippen molar-refractivity contribution in [3.05, 3.63) is 36.1 Å². The van der Waals surface area contributed by atoms with Crippen LogP contribution < -0.4 is 5.32 Å². The van der Waals surface area contributed by atoms with Gasteiger partial charge in [-0.3, -0.25) is 9.39 Å². The number of rotatable bonds is 8. The molecule has 22 heavy (non-hydrogen) atoms. The highest BCUT2D eigenvalue weighted by atomic mass is 32.1. The van der Waals surface area contributed by atoms with Crippen molar-refractivity contribution in [1.29, 1.82) is 0 Å². The van der Waals surface area contributed by atoms with E-state index in [1.54, 1.807) is 11.3 Å². The Balaban J connectivity index is 1.76. The van der Waals surface area contributed by atoms with Crippen molar-refractivity contribution >= 4 is 22.3 Å². The van der Waals surface area contributed by atoms with E-state index in [-0.39, 0.29) is 0 Å². The summed E-state index contributed by atoms with van der Waals surface area (Å²) in [7, 11) is 3.90. The van der Waals surface area contributed by atoms with Gasteiger partial charge in [-0.1, -0.05) is 12.5 Å². The Bertz CT molecular complexity index is 584. The third kappa shape index (κ3) is 4.59. The Morgan fingerprint density at radius 1 is 1.50 bits per heavy atom. The molecule has 1 N–H and O–H groups in total. The summed E-state index contributed by atoms with van der Waals surface area (Å²) < 4.78 is 2.05. The Labute approximate surface area is 136 Å². The molecule has 0 saturated carbocycles. The van der Waals surface area contributed by atoms with Crippen LogP contribution in [0.25, 0.3) is 4.96 Å². The number of nitrogens with zero attached hydrogens (tertiary/aromatic N) is 4. The summed E-state index contributed by atoms with van der Waals surface area (Å²) in [6.07, 6.45) is 10.8. The van der Waals surface area contributed by atoms with Crippen LogP contribution in [0.1, 0.15) is 31.4 Å². The molecule has 0 aliphatic rings. The number of unbranched alkanes of at least 4 members (excludes halogenated alkanes) is 3. The summed E-state index contributed by atoms with van der Waals surface area (Å²) in [5.74, 6) is 0.917. The van der Waals surface area contributed by atoms with Crippen LogP contribution in [0.15, 0.2) is 35.4 Å². The molecule has 0 aliphatic heterocycles. The molecular weight excluding hydrogens is 294 g/mol. The molecule has 0 fully saturated rings. The number of fused-ring (bicyclic) bond motifs is 1. The van der Waals surface area contributed by atoms with E-state index >= 15 is 0 Å². The molecule has 0 amide bonds. The molecule has 6 heteroatoms. The quantitative estimate of drug-likeness (QED) is 0.352. The first-order valence-electron chi connectivity index (χ1n) is 7.68. The Morgan fingerprint density at radius 3 is 3.09 bits per heavy atom. The first-order valence-corrected chi connectivity index (χ1v) is 8.56. The van der Waals surface area contributed by atoms with Crippen LogP contribution in [-0.4, -0.2) is 40.9 Å². The maximum absolute atomic E-state index is 4.57. The van der Waals surface area contributed by atoms with Gasteiger partial charge < -0.3 is 10.2 Å². The molecule has 0 unspecified atom stereocenters. The van der Waals surface area contributed by atoms with E-state index in [9.17, 15) is 0 Å². The number of allylic oxidation sites excluding steroid dienone is 1. The van der Waals surface area contributed by atoms with Gasteiger partial charge in [0.2, 0.25) is 0 Å². The van der Waals surface area contributed by atoms with Gasteiger partial charge in [-0.15, -0.1) is 17.9 Å². The van der Waals surface area contributed by atoms with Gasteiger partial charge in [0.25, 0.3) is 0 Å². The number of thiazole rings is 1. The number of guanidine groups is 1. The molecule has 0 spiro atoms. The lowest BCUT2D eigenvalue weighted by Gasteiger charge is -2.21. The minimum Gasteiger partial charge on any atom is -0.351 e. The lowest BCUT2D eigenvalue weighted by Crippen LogP contribution is -2.39. The zero-order chi connectivity index (χ0) is 15.8. The Hall–Kier alpha value is -1.82. The number of hydrogen-bond donors (Lipinski definition) is 1. The first kappa shape index (κ1) is 16.5. The van der Waals surface area contributed by atoms with Crippen molar-refractivity contribution in [3.8, 4) is 0 Å². The van der Waals surface area contributed by atoms with Crippen LogP contribution in [0.2, 0.25) is 0 Å². The molecule has 2 aromatic rings. The predicted molar refractivity (Wildman–Crippen MR) is 94.6 cm³/mol. The van der Waals surface area contributed by atoms with Gasteiger partial charge in [-0.05, 0) is 19.3 Å². The fourth-order valence-electron chi connectivity index (χ4n) is 2.34. The summed E-state index contributed by atoms with van der Waals surface area (Å²) in [4.78, 5) is 12.1. The van der Waals surface area contributed by atoms with Crippen LogP contribution in [0.5, 0.6) is 0 Å². The summed E-state index contributed by atoms with van der Waals surface area (Å²) in [5.41, 5.74) is 1.03. The lowest BCUT2D eigenvalue weighted by molar-refractivity contribution is 0.455. The molecule has 0 bridgehead atoms. The molecule has 120 valence electrons. The van der Waals surface area contributed by atoms with Crippen molar-refractivity contribution in [3.63, 3.8) is 0 Å². The third-order valence-electron chi connectivity index (χ3n) is 3.55. The van der Waals surface area contributed by atoms with E-state index in [2.05, 4.69) is 40.0 Å². The maximum atomic E-state index is 4.57. The smallest absolute Gasteiger partial charge is 0.193 e. The molecule has 0 aromatic carbocycles. The number of aromatic nitrogens is 2. The molecule has 0 atom stereocenters. The van der Waals surface area contributed by atoms with Crippen molar-refractivity contribution in [2.75, 3.05) is 20.6 Å². The van der Waals surface area contributed by atoms with E-state index in [4.69, 9.17) is 0 Å². The normalized spacial score (nSPS) is 11.8. The van der Waals surface area contributed by atoms with Gasteiger partial charge in [-0.25, -0.2) is 4.98 Å².